The summed E-state index contributed by atoms with van der Waals surface area (Å²) >= 11 is 0. The standard InChI is InChI=1S/C17H24N2O4/c1-17(2,3)23-16(21)19-10-5-9-18(11-12-19)15(20)8-7-14-6-4-13-22-14/h4,6-8,13H,5,9-12H2,1-3H3/b8-7+. The van der Waals surface area contributed by atoms with Crippen molar-refractivity contribution in [2.45, 2.75) is 32.8 Å². The van der Waals surface area contributed by atoms with E-state index in [9.17, 15) is 9.59 Å². The maximum Gasteiger partial charge on any atom is 0.410 e. The minimum Gasteiger partial charge on any atom is -0.465 e. The van der Waals surface area contributed by atoms with Crippen LogP contribution in [0.1, 0.15) is 33.0 Å². The van der Waals surface area contributed by atoms with E-state index in [1.54, 1.807) is 34.3 Å². The van der Waals surface area contributed by atoms with Crippen LogP contribution in [0.2, 0.25) is 0 Å². The van der Waals surface area contributed by atoms with Crippen molar-refractivity contribution in [1.82, 2.24) is 9.80 Å². The minimum atomic E-state index is -0.509. The van der Waals surface area contributed by atoms with Crippen LogP contribution < -0.4 is 0 Å². The molecular formula is C17H24N2O4. The van der Waals surface area contributed by atoms with E-state index in [-0.39, 0.29) is 12.0 Å². The summed E-state index contributed by atoms with van der Waals surface area (Å²) in [5.41, 5.74) is -0.509. The molecule has 1 aromatic heterocycles. The predicted octanol–water partition coefficient (Wildman–Crippen LogP) is 2.76. The van der Waals surface area contributed by atoms with E-state index in [1.807, 2.05) is 20.8 Å². The van der Waals surface area contributed by atoms with Crippen LogP contribution in [0.5, 0.6) is 0 Å². The Morgan fingerprint density at radius 3 is 2.52 bits per heavy atom. The van der Waals surface area contributed by atoms with Crippen molar-refractivity contribution >= 4 is 18.1 Å². The third kappa shape index (κ3) is 5.47. The van der Waals surface area contributed by atoms with E-state index in [4.69, 9.17) is 9.15 Å². The Hall–Kier alpha value is -2.24. The molecule has 0 aliphatic carbocycles. The van der Waals surface area contributed by atoms with Gasteiger partial charge in [-0.25, -0.2) is 4.79 Å². The molecule has 1 aromatic rings. The molecule has 0 unspecified atom stereocenters. The van der Waals surface area contributed by atoms with Crippen molar-refractivity contribution in [3.63, 3.8) is 0 Å². The Morgan fingerprint density at radius 1 is 1.17 bits per heavy atom. The molecule has 0 N–H and O–H groups in total. The summed E-state index contributed by atoms with van der Waals surface area (Å²) in [6.07, 6.45) is 5.13. The highest BCUT2D eigenvalue weighted by Crippen LogP contribution is 2.12. The van der Waals surface area contributed by atoms with E-state index >= 15 is 0 Å². The van der Waals surface area contributed by atoms with Gasteiger partial charge in [0.05, 0.1) is 6.26 Å². The molecule has 0 radical (unpaired) electrons. The molecule has 6 heteroatoms. The number of amides is 2. The molecule has 6 nitrogen and oxygen atoms in total. The number of nitrogens with zero attached hydrogens (tertiary/aromatic N) is 2. The van der Waals surface area contributed by atoms with Crippen LogP contribution in [-0.2, 0) is 9.53 Å². The molecule has 0 bridgehead atoms. The quantitative estimate of drug-likeness (QED) is 0.786. The Labute approximate surface area is 136 Å². The first-order valence-electron chi connectivity index (χ1n) is 7.83. The second-order valence-corrected chi connectivity index (χ2v) is 6.49. The van der Waals surface area contributed by atoms with Crippen LogP contribution in [-0.4, -0.2) is 53.6 Å². The Bertz CT molecular complexity index is 558. The van der Waals surface area contributed by atoms with E-state index in [1.165, 1.54) is 6.08 Å². The molecule has 0 saturated carbocycles. The minimum absolute atomic E-state index is 0.0764. The zero-order valence-corrected chi connectivity index (χ0v) is 13.9. The maximum absolute atomic E-state index is 12.2. The zero-order chi connectivity index (χ0) is 16.9. The van der Waals surface area contributed by atoms with Gasteiger partial charge in [-0.15, -0.1) is 0 Å². The molecule has 0 aromatic carbocycles. The van der Waals surface area contributed by atoms with Crippen molar-refractivity contribution in [2.75, 3.05) is 26.2 Å². The van der Waals surface area contributed by atoms with Gasteiger partial charge < -0.3 is 19.0 Å². The summed E-state index contributed by atoms with van der Waals surface area (Å²) in [6, 6.07) is 3.56. The van der Waals surface area contributed by atoms with Gasteiger partial charge in [0.2, 0.25) is 5.91 Å². The van der Waals surface area contributed by atoms with Gasteiger partial charge >= 0.3 is 6.09 Å². The first kappa shape index (κ1) is 17.1. The second-order valence-electron chi connectivity index (χ2n) is 6.49. The van der Waals surface area contributed by atoms with Gasteiger partial charge in [0.1, 0.15) is 11.4 Å². The van der Waals surface area contributed by atoms with E-state index < -0.39 is 5.60 Å². The van der Waals surface area contributed by atoms with Gasteiger partial charge in [-0.05, 0) is 45.4 Å². The summed E-state index contributed by atoms with van der Waals surface area (Å²) in [7, 11) is 0. The SMILES string of the molecule is CC(C)(C)OC(=O)N1CCCN(C(=O)/C=C/c2ccco2)CC1. The van der Waals surface area contributed by atoms with Gasteiger partial charge in [0.15, 0.2) is 0 Å². The number of furan rings is 1. The molecule has 23 heavy (non-hydrogen) atoms. The predicted molar refractivity (Wildman–Crippen MR) is 86.7 cm³/mol. The topological polar surface area (TPSA) is 63.0 Å². The monoisotopic (exact) mass is 320 g/mol. The number of carbonyl (C=O) groups is 2. The average Bonchev–Trinajstić information content (AvgIpc) is 2.85. The third-order valence-corrected chi connectivity index (χ3v) is 3.39. The van der Waals surface area contributed by atoms with Crippen LogP contribution in [0, 0.1) is 0 Å². The Balaban J connectivity index is 1.88. The van der Waals surface area contributed by atoms with Gasteiger partial charge in [-0.2, -0.15) is 0 Å². The van der Waals surface area contributed by atoms with E-state index in [0.717, 1.165) is 6.42 Å². The van der Waals surface area contributed by atoms with Crippen LogP contribution in [0.4, 0.5) is 4.79 Å². The van der Waals surface area contributed by atoms with Gasteiger partial charge in [-0.1, -0.05) is 0 Å². The fraction of sp³-hybridized carbons (Fsp3) is 0.529. The number of rotatable bonds is 2. The summed E-state index contributed by atoms with van der Waals surface area (Å²) < 4.78 is 10.5. The molecule has 1 aliphatic rings. The lowest BCUT2D eigenvalue weighted by molar-refractivity contribution is -0.125. The van der Waals surface area contributed by atoms with Crippen LogP contribution in [0.3, 0.4) is 0 Å². The van der Waals surface area contributed by atoms with Gasteiger partial charge in [0, 0.05) is 32.3 Å². The second kappa shape index (κ2) is 7.35. The summed E-state index contributed by atoms with van der Waals surface area (Å²) in [4.78, 5) is 27.7. The van der Waals surface area contributed by atoms with Crippen molar-refractivity contribution in [2.24, 2.45) is 0 Å². The fourth-order valence-electron chi connectivity index (χ4n) is 2.29. The van der Waals surface area contributed by atoms with Crippen molar-refractivity contribution in [3.05, 3.63) is 30.2 Å². The van der Waals surface area contributed by atoms with Crippen molar-refractivity contribution in [3.8, 4) is 0 Å². The van der Waals surface area contributed by atoms with Crippen LogP contribution in [0.25, 0.3) is 6.08 Å². The largest absolute Gasteiger partial charge is 0.465 e. The molecule has 0 atom stereocenters. The van der Waals surface area contributed by atoms with Crippen molar-refractivity contribution in [1.29, 1.82) is 0 Å². The van der Waals surface area contributed by atoms with Gasteiger partial charge in [-0.3, -0.25) is 4.79 Å². The summed E-state index contributed by atoms with van der Waals surface area (Å²) in [5, 5.41) is 0. The molecule has 1 aliphatic heterocycles. The first-order chi connectivity index (χ1) is 10.8. The molecule has 0 spiro atoms. The molecule has 2 rings (SSSR count). The fourth-order valence-corrected chi connectivity index (χ4v) is 2.29. The number of carbonyl (C=O) groups excluding carboxylic acids is 2. The maximum atomic E-state index is 12.2. The Morgan fingerprint density at radius 2 is 1.87 bits per heavy atom. The molecule has 126 valence electrons. The number of hydrogen-bond donors (Lipinski definition) is 0. The van der Waals surface area contributed by atoms with Crippen LogP contribution in [0.15, 0.2) is 28.9 Å². The lowest BCUT2D eigenvalue weighted by Gasteiger charge is -2.26. The number of ether oxygens (including phenoxy) is 1. The summed E-state index contributed by atoms with van der Waals surface area (Å²) in [6.45, 7) is 7.74. The highest BCUT2D eigenvalue weighted by Gasteiger charge is 2.25. The lowest BCUT2D eigenvalue weighted by atomic mass is 10.2. The van der Waals surface area contributed by atoms with Crippen LogP contribution >= 0.6 is 0 Å². The first-order valence-corrected chi connectivity index (χ1v) is 7.83. The summed E-state index contributed by atoms with van der Waals surface area (Å²) in [5.74, 6) is 0.566. The number of hydrogen-bond acceptors (Lipinski definition) is 4. The average molecular weight is 320 g/mol. The molecule has 1 saturated heterocycles. The molecule has 2 heterocycles. The Kier molecular flexibility index (Phi) is 5.47. The highest BCUT2D eigenvalue weighted by molar-refractivity contribution is 5.91. The zero-order valence-electron chi connectivity index (χ0n) is 13.9. The van der Waals surface area contributed by atoms with Gasteiger partial charge in [0.25, 0.3) is 0 Å². The smallest absolute Gasteiger partial charge is 0.410 e. The lowest BCUT2D eigenvalue weighted by Crippen LogP contribution is -2.39. The molecular weight excluding hydrogens is 296 g/mol. The van der Waals surface area contributed by atoms with Crippen molar-refractivity contribution < 1.29 is 18.7 Å². The third-order valence-electron chi connectivity index (χ3n) is 3.39. The molecule has 2 amide bonds. The normalized spacial score (nSPS) is 16.5. The van der Waals surface area contributed by atoms with E-state index in [0.29, 0.717) is 31.9 Å². The van der Waals surface area contributed by atoms with E-state index in [2.05, 4.69) is 0 Å². The molecule has 1 fully saturated rings. The highest BCUT2D eigenvalue weighted by atomic mass is 16.6.